The number of hydrogen-bond donors (Lipinski definition) is 0. The Balaban J connectivity index is 1.19. The van der Waals surface area contributed by atoms with Crippen LogP contribution in [0.15, 0.2) is 185 Å². The maximum Gasteiger partial charge on any atom is 0.143 e. The third-order valence-corrected chi connectivity index (χ3v) is 10.4. The summed E-state index contributed by atoms with van der Waals surface area (Å²) in [6.07, 6.45) is 0. The highest BCUT2D eigenvalue weighted by Crippen LogP contribution is 2.42. The molecule has 0 aliphatic heterocycles. The van der Waals surface area contributed by atoms with E-state index in [9.17, 15) is 0 Å². The van der Waals surface area contributed by atoms with E-state index in [0.29, 0.717) is 0 Å². The van der Waals surface area contributed by atoms with E-state index >= 15 is 0 Å². The number of para-hydroxylation sites is 4. The number of rotatable bonds is 4. The van der Waals surface area contributed by atoms with Crippen LogP contribution in [0.4, 0.5) is 0 Å². The molecule has 8 aromatic carbocycles. The number of hydrogen-bond acceptors (Lipinski definition) is 2. The molecule has 51 heavy (non-hydrogen) atoms. The second kappa shape index (κ2) is 10.8. The SMILES string of the molecule is c1ccc(-c2ccc(-c3cc(-c4cccc5c4oc4ccccc45)cc(-n4c5ccccc5c5cc6c(cc54)oc4ccccc46)c3)cc2)cc1. The summed E-state index contributed by atoms with van der Waals surface area (Å²) in [5, 5.41) is 6.91. The number of fused-ring (bicyclic) bond motifs is 9. The van der Waals surface area contributed by atoms with E-state index in [-0.39, 0.29) is 0 Å². The summed E-state index contributed by atoms with van der Waals surface area (Å²) in [6.45, 7) is 0. The van der Waals surface area contributed by atoms with Gasteiger partial charge in [-0.15, -0.1) is 0 Å². The molecule has 0 N–H and O–H groups in total. The normalized spacial score (nSPS) is 11.9. The number of nitrogens with zero attached hydrogens (tertiary/aromatic N) is 1. The van der Waals surface area contributed by atoms with Crippen molar-refractivity contribution in [2.45, 2.75) is 0 Å². The van der Waals surface area contributed by atoms with E-state index in [1.807, 2.05) is 24.3 Å². The van der Waals surface area contributed by atoms with Crippen LogP contribution in [0.5, 0.6) is 0 Å². The molecule has 0 amide bonds. The second-order valence-corrected chi connectivity index (χ2v) is 13.3. The van der Waals surface area contributed by atoms with E-state index in [0.717, 1.165) is 82.9 Å². The van der Waals surface area contributed by atoms with E-state index in [2.05, 4.69) is 156 Å². The third kappa shape index (κ3) is 4.32. The minimum Gasteiger partial charge on any atom is -0.456 e. The molecule has 0 saturated heterocycles. The molecule has 11 rings (SSSR count). The lowest BCUT2D eigenvalue weighted by molar-refractivity contribution is 0.669. The summed E-state index contributed by atoms with van der Waals surface area (Å²) in [5.74, 6) is 0. The summed E-state index contributed by atoms with van der Waals surface area (Å²) in [5.41, 5.74) is 13.7. The van der Waals surface area contributed by atoms with Gasteiger partial charge in [-0.2, -0.15) is 0 Å². The quantitative estimate of drug-likeness (QED) is 0.190. The average molecular weight is 652 g/mol. The van der Waals surface area contributed by atoms with Crippen molar-refractivity contribution in [3.05, 3.63) is 176 Å². The van der Waals surface area contributed by atoms with E-state index < -0.39 is 0 Å². The first-order valence-corrected chi connectivity index (χ1v) is 17.3. The van der Waals surface area contributed by atoms with Gasteiger partial charge in [-0.3, -0.25) is 0 Å². The van der Waals surface area contributed by atoms with Gasteiger partial charge in [0.2, 0.25) is 0 Å². The monoisotopic (exact) mass is 651 g/mol. The maximum absolute atomic E-state index is 6.58. The second-order valence-electron chi connectivity index (χ2n) is 13.3. The Bertz CT molecular complexity index is 3120. The fourth-order valence-corrected chi connectivity index (χ4v) is 7.99. The molecule has 0 aliphatic rings. The van der Waals surface area contributed by atoms with Crippen LogP contribution in [0.3, 0.4) is 0 Å². The molecule has 0 bridgehead atoms. The van der Waals surface area contributed by atoms with Crippen LogP contribution >= 0.6 is 0 Å². The van der Waals surface area contributed by atoms with Crippen molar-refractivity contribution in [3.63, 3.8) is 0 Å². The van der Waals surface area contributed by atoms with E-state index in [4.69, 9.17) is 8.83 Å². The molecule has 11 aromatic rings. The molecule has 3 heterocycles. The lowest BCUT2D eigenvalue weighted by Gasteiger charge is -2.14. The number of benzene rings is 8. The standard InChI is InChI=1S/C48H29NO2/c1-2-11-30(12-3-1)31-21-23-32(24-22-31)33-25-34(36-16-10-17-40-38-14-5-9-20-46(38)51-48(36)40)27-35(26-33)49-43-18-7-4-13-37(43)41-28-42-39-15-6-8-19-45(39)50-47(42)29-44(41)49/h1-29H. The van der Waals surface area contributed by atoms with Gasteiger partial charge in [0.05, 0.1) is 11.0 Å². The topological polar surface area (TPSA) is 31.2 Å². The molecule has 0 unspecified atom stereocenters. The molecule has 3 nitrogen and oxygen atoms in total. The number of furan rings is 2. The van der Waals surface area contributed by atoms with Crippen molar-refractivity contribution >= 4 is 65.7 Å². The molecule has 0 saturated carbocycles. The molecule has 0 spiro atoms. The molecule has 0 atom stereocenters. The Labute approximate surface area is 293 Å². The van der Waals surface area contributed by atoms with Crippen LogP contribution in [-0.4, -0.2) is 4.57 Å². The summed E-state index contributed by atoms with van der Waals surface area (Å²) >= 11 is 0. The average Bonchev–Trinajstić information content (AvgIpc) is 3.86. The Morgan fingerprint density at radius 1 is 0.314 bits per heavy atom. The van der Waals surface area contributed by atoms with E-state index in [1.54, 1.807) is 0 Å². The summed E-state index contributed by atoms with van der Waals surface area (Å²) in [7, 11) is 0. The van der Waals surface area contributed by atoms with Crippen LogP contribution in [-0.2, 0) is 0 Å². The zero-order valence-electron chi connectivity index (χ0n) is 27.5. The van der Waals surface area contributed by atoms with Gasteiger partial charge < -0.3 is 13.4 Å². The van der Waals surface area contributed by atoms with Gasteiger partial charge in [-0.05, 0) is 70.3 Å². The fourth-order valence-electron chi connectivity index (χ4n) is 7.99. The summed E-state index contributed by atoms with van der Waals surface area (Å²) < 4.78 is 15.4. The highest BCUT2D eigenvalue weighted by molar-refractivity contribution is 6.17. The minimum atomic E-state index is 0.882. The third-order valence-electron chi connectivity index (χ3n) is 10.4. The lowest BCUT2D eigenvalue weighted by atomic mass is 9.95. The van der Waals surface area contributed by atoms with Crippen LogP contribution < -0.4 is 0 Å². The highest BCUT2D eigenvalue weighted by atomic mass is 16.3. The molecule has 0 fully saturated rings. The summed E-state index contributed by atoms with van der Waals surface area (Å²) in [6, 6.07) is 62.6. The van der Waals surface area contributed by atoms with Crippen molar-refractivity contribution in [2.75, 3.05) is 0 Å². The predicted octanol–water partition coefficient (Wildman–Crippen LogP) is 13.6. The molecule has 3 heteroatoms. The lowest BCUT2D eigenvalue weighted by Crippen LogP contribution is -1.96. The zero-order valence-corrected chi connectivity index (χ0v) is 27.5. The number of aromatic nitrogens is 1. The minimum absolute atomic E-state index is 0.882. The van der Waals surface area contributed by atoms with Crippen LogP contribution in [0.25, 0.3) is 105 Å². The molecular weight excluding hydrogens is 623 g/mol. The largest absolute Gasteiger partial charge is 0.456 e. The Morgan fingerprint density at radius 2 is 0.922 bits per heavy atom. The van der Waals surface area contributed by atoms with Gasteiger partial charge in [0.25, 0.3) is 0 Å². The van der Waals surface area contributed by atoms with Gasteiger partial charge in [-0.25, -0.2) is 0 Å². The fraction of sp³-hybridized carbons (Fsp3) is 0. The molecule has 238 valence electrons. The first-order valence-electron chi connectivity index (χ1n) is 17.3. The first kappa shape index (κ1) is 28.0. The van der Waals surface area contributed by atoms with Crippen LogP contribution in [0.1, 0.15) is 0 Å². The Morgan fingerprint density at radius 3 is 1.73 bits per heavy atom. The van der Waals surface area contributed by atoms with Gasteiger partial charge in [0, 0.05) is 49.6 Å². The van der Waals surface area contributed by atoms with Gasteiger partial charge >= 0.3 is 0 Å². The first-order chi connectivity index (χ1) is 25.3. The van der Waals surface area contributed by atoms with Crippen molar-refractivity contribution in [1.82, 2.24) is 4.57 Å². The molecule has 3 aromatic heterocycles. The van der Waals surface area contributed by atoms with Gasteiger partial charge in [0.15, 0.2) is 0 Å². The maximum atomic E-state index is 6.58. The zero-order chi connectivity index (χ0) is 33.5. The van der Waals surface area contributed by atoms with Crippen LogP contribution in [0, 0.1) is 0 Å². The predicted molar refractivity (Wildman–Crippen MR) is 212 cm³/mol. The van der Waals surface area contributed by atoms with Crippen molar-refractivity contribution in [3.8, 4) is 39.1 Å². The van der Waals surface area contributed by atoms with Crippen molar-refractivity contribution in [1.29, 1.82) is 0 Å². The van der Waals surface area contributed by atoms with Crippen molar-refractivity contribution < 1.29 is 8.83 Å². The van der Waals surface area contributed by atoms with E-state index in [1.165, 1.54) is 21.9 Å². The van der Waals surface area contributed by atoms with Crippen molar-refractivity contribution in [2.24, 2.45) is 0 Å². The molecule has 0 radical (unpaired) electrons. The Hall–Kier alpha value is -6.84. The molecular formula is C48H29NO2. The Kier molecular flexibility index (Phi) is 5.96. The molecule has 0 aliphatic carbocycles. The van der Waals surface area contributed by atoms with Gasteiger partial charge in [0.1, 0.15) is 22.3 Å². The highest BCUT2D eigenvalue weighted by Gasteiger charge is 2.19. The van der Waals surface area contributed by atoms with Crippen LogP contribution in [0.2, 0.25) is 0 Å². The smallest absolute Gasteiger partial charge is 0.143 e. The van der Waals surface area contributed by atoms with Gasteiger partial charge in [-0.1, -0.05) is 127 Å². The summed E-state index contributed by atoms with van der Waals surface area (Å²) in [4.78, 5) is 0.